The number of anilines is 1. The number of sulfonamides is 1. The first-order valence-corrected chi connectivity index (χ1v) is 9.12. The van der Waals surface area contributed by atoms with Crippen molar-refractivity contribution in [2.75, 3.05) is 11.3 Å². The Morgan fingerprint density at radius 1 is 1.33 bits per heavy atom. The lowest BCUT2D eigenvalue weighted by molar-refractivity contribution is 0.254. The summed E-state index contributed by atoms with van der Waals surface area (Å²) < 4.78 is 52.0. The molecule has 0 amide bonds. The third kappa shape index (κ3) is 3.31. The summed E-state index contributed by atoms with van der Waals surface area (Å²) in [4.78, 5) is -0.153. The largest absolute Gasteiger partial charge is 0.492 e. The number of halogens is 1. The normalized spacial score (nSPS) is 16.4. The summed E-state index contributed by atoms with van der Waals surface area (Å²) in [6, 6.07) is 8.23. The maximum atomic E-state index is 13.3. The summed E-state index contributed by atoms with van der Waals surface area (Å²) in [6.07, 6.45) is 0.774. The minimum absolute atomic E-state index is 0.0320. The summed E-state index contributed by atoms with van der Waals surface area (Å²) in [5.41, 5.74) is 1.24. The highest BCUT2D eigenvalue weighted by atomic mass is 32.2. The molecule has 0 unspecified atom stereocenters. The van der Waals surface area contributed by atoms with E-state index in [-0.39, 0.29) is 16.7 Å². The van der Waals surface area contributed by atoms with Crippen LogP contribution in [-0.4, -0.2) is 21.1 Å². The van der Waals surface area contributed by atoms with Crippen LogP contribution in [0.1, 0.15) is 19.4 Å². The van der Waals surface area contributed by atoms with Crippen LogP contribution in [0.25, 0.3) is 0 Å². The summed E-state index contributed by atoms with van der Waals surface area (Å²) in [5.74, 6) is 0.436. The van der Waals surface area contributed by atoms with Gasteiger partial charge in [-0.2, -0.15) is 0 Å². The lowest BCUT2D eigenvalue weighted by atomic mass is 10.1. The third-order valence-electron chi connectivity index (χ3n) is 3.65. The molecule has 0 spiro atoms. The second-order valence-electron chi connectivity index (χ2n) is 5.58. The van der Waals surface area contributed by atoms with Crippen molar-refractivity contribution in [3.63, 3.8) is 0 Å². The van der Waals surface area contributed by atoms with Gasteiger partial charge >= 0.3 is 0 Å². The van der Waals surface area contributed by atoms with Crippen LogP contribution in [0.4, 0.5) is 10.1 Å². The monoisotopic (exact) mass is 351 g/mol. The molecule has 3 rings (SSSR count). The van der Waals surface area contributed by atoms with Crippen LogP contribution in [0.2, 0.25) is 0 Å². The molecule has 0 radical (unpaired) electrons. The third-order valence-corrected chi connectivity index (χ3v) is 5.01. The molecule has 1 aliphatic heterocycles. The average molecular weight is 351 g/mol. The second kappa shape index (κ2) is 6.32. The SMILES string of the molecule is CCOc1cc2c(cc1NS(=O)(=O)c1cccc(F)c1)O[C@H](C)C2. The lowest BCUT2D eigenvalue weighted by Crippen LogP contribution is -2.14. The van der Waals surface area contributed by atoms with Gasteiger partial charge in [-0.15, -0.1) is 0 Å². The van der Waals surface area contributed by atoms with E-state index in [1.54, 1.807) is 12.1 Å². The van der Waals surface area contributed by atoms with E-state index in [4.69, 9.17) is 9.47 Å². The Morgan fingerprint density at radius 3 is 2.83 bits per heavy atom. The van der Waals surface area contributed by atoms with E-state index in [1.807, 2.05) is 13.8 Å². The highest BCUT2D eigenvalue weighted by Gasteiger charge is 2.24. The molecule has 5 nitrogen and oxygen atoms in total. The average Bonchev–Trinajstić information content (AvgIpc) is 2.86. The molecule has 7 heteroatoms. The maximum Gasteiger partial charge on any atom is 0.262 e. The number of ether oxygens (including phenoxy) is 2. The number of hydrogen-bond acceptors (Lipinski definition) is 4. The number of nitrogens with one attached hydrogen (secondary N) is 1. The van der Waals surface area contributed by atoms with Crippen molar-refractivity contribution in [1.82, 2.24) is 0 Å². The Morgan fingerprint density at radius 2 is 2.12 bits per heavy atom. The highest BCUT2D eigenvalue weighted by molar-refractivity contribution is 7.92. The Hall–Kier alpha value is -2.28. The molecule has 2 aromatic carbocycles. The molecule has 1 aliphatic rings. The molecular formula is C17H18FNO4S. The molecule has 0 aliphatic carbocycles. The Balaban J connectivity index is 1.98. The van der Waals surface area contributed by atoms with Crippen molar-refractivity contribution >= 4 is 15.7 Å². The van der Waals surface area contributed by atoms with Crippen molar-refractivity contribution in [1.29, 1.82) is 0 Å². The van der Waals surface area contributed by atoms with Gasteiger partial charge in [0.25, 0.3) is 10.0 Å². The lowest BCUT2D eigenvalue weighted by Gasteiger charge is -2.14. The van der Waals surface area contributed by atoms with E-state index in [2.05, 4.69) is 4.72 Å². The quantitative estimate of drug-likeness (QED) is 0.897. The van der Waals surface area contributed by atoms with Crippen LogP contribution >= 0.6 is 0 Å². The molecule has 1 atom stereocenters. The first kappa shape index (κ1) is 16.6. The van der Waals surface area contributed by atoms with Gasteiger partial charge in [-0.05, 0) is 38.1 Å². The molecule has 0 saturated carbocycles. The number of rotatable bonds is 5. The summed E-state index contributed by atoms with van der Waals surface area (Å²) >= 11 is 0. The van der Waals surface area contributed by atoms with Gasteiger partial charge in [-0.25, -0.2) is 12.8 Å². The van der Waals surface area contributed by atoms with Crippen molar-refractivity contribution < 1.29 is 22.3 Å². The van der Waals surface area contributed by atoms with Crippen LogP contribution in [0, 0.1) is 5.82 Å². The fourth-order valence-corrected chi connectivity index (χ4v) is 3.72. The van der Waals surface area contributed by atoms with Gasteiger partial charge in [-0.1, -0.05) is 6.07 Å². The topological polar surface area (TPSA) is 64.6 Å². The van der Waals surface area contributed by atoms with E-state index in [0.717, 1.165) is 18.1 Å². The smallest absolute Gasteiger partial charge is 0.262 e. The zero-order valence-electron chi connectivity index (χ0n) is 13.4. The second-order valence-corrected chi connectivity index (χ2v) is 7.27. The zero-order valence-corrected chi connectivity index (χ0v) is 14.2. The predicted molar refractivity (Wildman–Crippen MR) is 88.6 cm³/mol. The summed E-state index contributed by atoms with van der Waals surface area (Å²) in [6.45, 7) is 4.15. The van der Waals surface area contributed by atoms with Crippen LogP contribution < -0.4 is 14.2 Å². The molecule has 0 saturated heterocycles. The van der Waals surface area contributed by atoms with Gasteiger partial charge in [0.15, 0.2) is 0 Å². The molecule has 1 heterocycles. The van der Waals surface area contributed by atoms with Crippen LogP contribution in [0.5, 0.6) is 11.5 Å². The van der Waals surface area contributed by atoms with E-state index < -0.39 is 15.8 Å². The van der Waals surface area contributed by atoms with E-state index in [1.165, 1.54) is 18.2 Å². The van der Waals surface area contributed by atoms with E-state index in [0.29, 0.717) is 18.1 Å². The van der Waals surface area contributed by atoms with Gasteiger partial charge in [0.2, 0.25) is 0 Å². The van der Waals surface area contributed by atoms with E-state index in [9.17, 15) is 12.8 Å². The van der Waals surface area contributed by atoms with Gasteiger partial charge in [0.05, 0.1) is 17.2 Å². The standard InChI is InChI=1S/C17H18FNO4S/c1-3-22-17-8-12-7-11(2)23-16(12)10-15(17)19-24(20,21)14-6-4-5-13(18)9-14/h4-6,8-11,19H,3,7H2,1-2H3/t11-/m1/s1. The Kier molecular flexibility index (Phi) is 4.36. The fourth-order valence-electron chi connectivity index (χ4n) is 2.63. The fraction of sp³-hybridized carbons (Fsp3) is 0.294. The number of benzene rings is 2. The maximum absolute atomic E-state index is 13.3. The molecule has 0 fully saturated rings. The van der Waals surface area contributed by atoms with Crippen molar-refractivity contribution in [2.24, 2.45) is 0 Å². The van der Waals surface area contributed by atoms with E-state index >= 15 is 0 Å². The Labute approximate surface area is 140 Å². The molecule has 0 aromatic heterocycles. The van der Waals surface area contributed by atoms with Crippen LogP contribution in [0.3, 0.4) is 0 Å². The predicted octanol–water partition coefficient (Wildman–Crippen LogP) is 3.35. The summed E-state index contributed by atoms with van der Waals surface area (Å²) in [7, 11) is -3.93. The number of hydrogen-bond donors (Lipinski definition) is 1. The molecule has 128 valence electrons. The van der Waals surface area contributed by atoms with Crippen molar-refractivity contribution in [3.8, 4) is 11.5 Å². The van der Waals surface area contributed by atoms with Gasteiger partial charge in [-0.3, -0.25) is 4.72 Å². The Bertz CT molecular complexity index is 867. The van der Waals surface area contributed by atoms with Gasteiger partial charge in [0.1, 0.15) is 23.4 Å². The summed E-state index contributed by atoms with van der Waals surface area (Å²) in [5, 5.41) is 0. The molecule has 1 N–H and O–H groups in total. The van der Waals surface area contributed by atoms with Crippen LogP contribution in [-0.2, 0) is 16.4 Å². The van der Waals surface area contributed by atoms with Crippen molar-refractivity contribution in [3.05, 3.63) is 47.8 Å². The van der Waals surface area contributed by atoms with Gasteiger partial charge in [0, 0.05) is 18.1 Å². The minimum atomic E-state index is -3.93. The molecule has 2 aromatic rings. The van der Waals surface area contributed by atoms with Crippen molar-refractivity contribution in [2.45, 2.75) is 31.3 Å². The van der Waals surface area contributed by atoms with Gasteiger partial charge < -0.3 is 9.47 Å². The first-order chi connectivity index (χ1) is 11.4. The number of fused-ring (bicyclic) bond motifs is 1. The van der Waals surface area contributed by atoms with Crippen LogP contribution in [0.15, 0.2) is 41.3 Å². The highest BCUT2D eigenvalue weighted by Crippen LogP contribution is 2.38. The molecular weight excluding hydrogens is 333 g/mol. The minimum Gasteiger partial charge on any atom is -0.492 e. The molecule has 24 heavy (non-hydrogen) atoms. The first-order valence-electron chi connectivity index (χ1n) is 7.64. The molecule has 0 bridgehead atoms. The zero-order chi connectivity index (χ0) is 17.3.